The average Bonchev–Trinajstić information content (AvgIpc) is 2.97. The van der Waals surface area contributed by atoms with Crippen LogP contribution in [0.15, 0.2) is 42.5 Å². The van der Waals surface area contributed by atoms with Crippen molar-refractivity contribution < 1.29 is 28.6 Å². The minimum Gasteiger partial charge on any atom is -0.481 e. The number of aliphatic hydroxyl groups is 1. The molecule has 1 aromatic rings. The van der Waals surface area contributed by atoms with Crippen LogP contribution in [-0.4, -0.2) is 63.1 Å². The van der Waals surface area contributed by atoms with Crippen LogP contribution >= 0.6 is 11.8 Å². The zero-order chi connectivity index (χ0) is 23.6. The molecule has 8 heteroatoms. The fourth-order valence-corrected chi connectivity index (χ4v) is 4.60. The molecule has 2 unspecified atom stereocenters. The van der Waals surface area contributed by atoms with Gasteiger partial charge < -0.3 is 15.1 Å². The van der Waals surface area contributed by atoms with Crippen LogP contribution in [0.4, 0.5) is 8.78 Å². The van der Waals surface area contributed by atoms with E-state index in [1.807, 2.05) is 25.1 Å². The molecule has 0 spiro atoms. The monoisotopic (exact) mass is 469 g/mol. The number of hydrogen-bond donors (Lipinski definition) is 2. The van der Waals surface area contributed by atoms with Gasteiger partial charge in [0.05, 0.1) is 12.1 Å². The fraction of sp³-hybridized carbons (Fsp3) is 0.583. The van der Waals surface area contributed by atoms with Gasteiger partial charge in [-0.15, -0.1) is 0 Å². The molecule has 1 fully saturated rings. The van der Waals surface area contributed by atoms with E-state index in [0.29, 0.717) is 17.9 Å². The summed E-state index contributed by atoms with van der Waals surface area (Å²) in [5.74, 6) is -4.39. The Morgan fingerprint density at radius 1 is 1.28 bits per heavy atom. The van der Waals surface area contributed by atoms with E-state index in [1.54, 1.807) is 6.08 Å². The Morgan fingerprint density at radius 2 is 2.00 bits per heavy atom. The number of carbonyl (C=O) groups excluding carboxylic acids is 1. The molecule has 0 saturated carbocycles. The van der Waals surface area contributed by atoms with Gasteiger partial charge in [0.1, 0.15) is 0 Å². The lowest BCUT2D eigenvalue weighted by Gasteiger charge is -2.22. The predicted octanol–water partition coefficient (Wildman–Crippen LogP) is 4.40. The maximum Gasteiger partial charge on any atom is 0.327 e. The molecule has 1 aromatic carbocycles. The van der Waals surface area contributed by atoms with Crippen LogP contribution in [0.25, 0.3) is 0 Å². The van der Waals surface area contributed by atoms with Gasteiger partial charge in [-0.1, -0.05) is 49.4 Å². The number of likely N-dealkylation sites (tertiary alicyclic amines) is 1. The van der Waals surface area contributed by atoms with E-state index in [-0.39, 0.29) is 18.9 Å². The van der Waals surface area contributed by atoms with Crippen LogP contribution in [0.3, 0.4) is 0 Å². The van der Waals surface area contributed by atoms with E-state index in [1.165, 1.54) is 28.3 Å². The molecule has 0 bridgehead atoms. The number of amides is 1. The normalized spacial score (nSPS) is 20.1. The predicted molar refractivity (Wildman–Crippen MR) is 123 cm³/mol. The molecular formula is C24H33F2NO4S. The number of carboxylic acids is 1. The first-order valence-electron chi connectivity index (χ1n) is 11.1. The Labute approximate surface area is 192 Å². The largest absolute Gasteiger partial charge is 0.481 e. The van der Waals surface area contributed by atoms with Crippen molar-refractivity contribution in [1.29, 1.82) is 0 Å². The van der Waals surface area contributed by atoms with Crippen molar-refractivity contribution in [1.82, 2.24) is 4.90 Å². The molecule has 1 aliphatic heterocycles. The molecule has 2 N–H and O–H groups in total. The standard InChI is InChI=1S/C24H33F2NO4S/c1-18(7-5-10-19-8-3-2-4-9-19)21(28)13-12-20-17-24(25,26)23(31)27(20)14-16-32-15-6-11-22(29)30/h2-4,8-9,12-13,18,20-21,28H,5-7,10-11,14-17H2,1H3,(H,29,30)/b13-12+/t18?,20-,21?/m0/s1. The van der Waals surface area contributed by atoms with Crippen molar-refractivity contribution in [2.24, 2.45) is 5.92 Å². The van der Waals surface area contributed by atoms with Gasteiger partial charge in [-0.2, -0.15) is 20.5 Å². The van der Waals surface area contributed by atoms with Crippen molar-refractivity contribution >= 4 is 23.6 Å². The van der Waals surface area contributed by atoms with Crippen molar-refractivity contribution in [3.8, 4) is 0 Å². The third-order valence-corrected chi connectivity index (χ3v) is 6.73. The van der Waals surface area contributed by atoms with Crippen LogP contribution in [0.2, 0.25) is 0 Å². The Morgan fingerprint density at radius 3 is 2.69 bits per heavy atom. The summed E-state index contributed by atoms with van der Waals surface area (Å²) in [7, 11) is 0. The Hall–Kier alpha value is -1.93. The number of halogens is 2. The summed E-state index contributed by atoms with van der Waals surface area (Å²) in [6.07, 6.45) is 4.94. The van der Waals surface area contributed by atoms with Gasteiger partial charge in [0.2, 0.25) is 0 Å². The molecular weight excluding hydrogens is 436 g/mol. The minimum atomic E-state index is -3.39. The maximum absolute atomic E-state index is 14.0. The van der Waals surface area contributed by atoms with E-state index in [9.17, 15) is 23.5 Å². The van der Waals surface area contributed by atoms with Crippen molar-refractivity contribution in [3.63, 3.8) is 0 Å². The van der Waals surface area contributed by atoms with Gasteiger partial charge in [0.15, 0.2) is 0 Å². The molecule has 32 heavy (non-hydrogen) atoms. The summed E-state index contributed by atoms with van der Waals surface area (Å²) in [5.41, 5.74) is 1.24. The lowest BCUT2D eigenvalue weighted by atomic mass is 9.95. The number of rotatable bonds is 14. The number of alkyl halides is 2. The summed E-state index contributed by atoms with van der Waals surface area (Å²) in [6.45, 7) is 2.10. The topological polar surface area (TPSA) is 77.8 Å². The third kappa shape index (κ3) is 8.54. The number of thioether (sulfide) groups is 1. The molecule has 1 aliphatic rings. The first-order chi connectivity index (χ1) is 15.2. The second kappa shape index (κ2) is 12.9. The first-order valence-corrected chi connectivity index (χ1v) is 12.2. The Bertz CT molecular complexity index is 760. The number of aliphatic carboxylic acids is 1. The summed E-state index contributed by atoms with van der Waals surface area (Å²) < 4.78 is 28.0. The quantitative estimate of drug-likeness (QED) is 0.312. The lowest BCUT2D eigenvalue weighted by molar-refractivity contribution is -0.147. The summed E-state index contributed by atoms with van der Waals surface area (Å²) in [4.78, 5) is 23.8. The molecule has 1 saturated heterocycles. The zero-order valence-electron chi connectivity index (χ0n) is 18.5. The third-order valence-electron chi connectivity index (χ3n) is 5.68. The highest BCUT2D eigenvalue weighted by molar-refractivity contribution is 7.99. The summed E-state index contributed by atoms with van der Waals surface area (Å²) in [5, 5.41) is 19.1. The highest BCUT2D eigenvalue weighted by Gasteiger charge is 2.52. The molecule has 0 radical (unpaired) electrons. The molecule has 1 heterocycles. The van der Waals surface area contributed by atoms with E-state index in [2.05, 4.69) is 12.1 Å². The van der Waals surface area contributed by atoms with Crippen LogP contribution < -0.4 is 0 Å². The van der Waals surface area contributed by atoms with Gasteiger partial charge in [-0.25, -0.2) is 0 Å². The van der Waals surface area contributed by atoms with Gasteiger partial charge in [0.25, 0.3) is 5.91 Å². The highest BCUT2D eigenvalue weighted by atomic mass is 32.2. The molecule has 2 rings (SSSR count). The second-order valence-corrected chi connectivity index (χ2v) is 9.54. The van der Waals surface area contributed by atoms with Crippen molar-refractivity contribution in [3.05, 3.63) is 48.0 Å². The first kappa shape index (κ1) is 26.3. The number of benzene rings is 1. The molecule has 178 valence electrons. The second-order valence-electron chi connectivity index (χ2n) is 8.31. The average molecular weight is 470 g/mol. The van der Waals surface area contributed by atoms with Crippen molar-refractivity contribution in [2.75, 3.05) is 18.1 Å². The van der Waals surface area contributed by atoms with Crippen LogP contribution in [0, 0.1) is 5.92 Å². The zero-order valence-corrected chi connectivity index (χ0v) is 19.3. The number of aryl methyl sites for hydroxylation is 1. The van der Waals surface area contributed by atoms with E-state index in [0.717, 1.165) is 19.3 Å². The van der Waals surface area contributed by atoms with Gasteiger partial charge in [0, 0.05) is 25.1 Å². The minimum absolute atomic E-state index is 0.0224. The molecule has 3 atom stereocenters. The van der Waals surface area contributed by atoms with Gasteiger partial charge in [-0.3, -0.25) is 9.59 Å². The van der Waals surface area contributed by atoms with E-state index in [4.69, 9.17) is 5.11 Å². The highest BCUT2D eigenvalue weighted by Crippen LogP contribution is 2.34. The maximum atomic E-state index is 14.0. The number of nitrogens with zero attached hydrogens (tertiary/aromatic N) is 1. The Kier molecular flexibility index (Phi) is 10.6. The van der Waals surface area contributed by atoms with Crippen molar-refractivity contribution in [2.45, 2.75) is 63.5 Å². The molecule has 1 amide bonds. The van der Waals surface area contributed by atoms with E-state index >= 15 is 0 Å². The number of carbonyl (C=O) groups is 2. The smallest absolute Gasteiger partial charge is 0.327 e. The van der Waals surface area contributed by atoms with Crippen LogP contribution in [0.5, 0.6) is 0 Å². The molecule has 5 nitrogen and oxygen atoms in total. The fourth-order valence-electron chi connectivity index (χ4n) is 3.73. The molecule has 0 aromatic heterocycles. The Balaban J connectivity index is 1.81. The van der Waals surface area contributed by atoms with Crippen LogP contribution in [-0.2, 0) is 16.0 Å². The van der Waals surface area contributed by atoms with Gasteiger partial charge >= 0.3 is 11.9 Å². The lowest BCUT2D eigenvalue weighted by Crippen LogP contribution is -2.37. The molecule has 0 aliphatic carbocycles. The number of carboxylic acid groups (broad SMARTS) is 1. The number of aliphatic hydroxyl groups excluding tert-OH is 1. The summed E-state index contributed by atoms with van der Waals surface area (Å²) in [6, 6.07) is 9.35. The van der Waals surface area contributed by atoms with E-state index < -0.39 is 36.4 Å². The summed E-state index contributed by atoms with van der Waals surface area (Å²) >= 11 is 1.45. The number of hydrogen-bond acceptors (Lipinski definition) is 4. The van der Waals surface area contributed by atoms with Gasteiger partial charge in [-0.05, 0) is 42.9 Å². The van der Waals surface area contributed by atoms with Crippen LogP contribution in [0.1, 0.15) is 44.6 Å². The SMILES string of the molecule is CC(CCCc1ccccc1)C(O)/C=C/[C@H]1CC(F)(F)C(=O)N1CCSCCCC(=O)O.